The third-order valence-electron chi connectivity index (χ3n) is 3.36. The Morgan fingerprint density at radius 2 is 2.38 bits per heavy atom. The summed E-state index contributed by atoms with van der Waals surface area (Å²) in [6, 6.07) is 0.834. The SMILES string of the molecule is CCN(C(C)CC(=O)OC)C1CCCNC1. The smallest absolute Gasteiger partial charge is 0.307 e. The standard InChI is InChI=1S/C12H24N2O2/c1-4-14(10(2)8-12(15)16-3)11-6-5-7-13-9-11/h10-11,13H,4-9H2,1-3H3. The van der Waals surface area contributed by atoms with Gasteiger partial charge in [0.2, 0.25) is 0 Å². The van der Waals surface area contributed by atoms with Gasteiger partial charge < -0.3 is 10.1 Å². The Labute approximate surface area is 98.3 Å². The summed E-state index contributed by atoms with van der Waals surface area (Å²) in [6.07, 6.45) is 2.94. The van der Waals surface area contributed by atoms with Gasteiger partial charge >= 0.3 is 5.97 Å². The first-order chi connectivity index (χ1) is 7.69. The number of likely N-dealkylation sites (N-methyl/N-ethyl adjacent to an activating group) is 1. The maximum absolute atomic E-state index is 11.3. The Balaban J connectivity index is 2.47. The number of rotatable bonds is 5. The molecule has 0 aromatic heterocycles. The zero-order valence-electron chi connectivity index (χ0n) is 10.7. The average Bonchev–Trinajstić information content (AvgIpc) is 2.31. The number of methoxy groups -OCH3 is 1. The van der Waals surface area contributed by atoms with E-state index in [4.69, 9.17) is 4.74 Å². The first-order valence-electron chi connectivity index (χ1n) is 6.22. The Morgan fingerprint density at radius 1 is 1.62 bits per heavy atom. The summed E-state index contributed by atoms with van der Waals surface area (Å²) in [5, 5.41) is 3.41. The molecule has 16 heavy (non-hydrogen) atoms. The number of nitrogens with one attached hydrogen (secondary N) is 1. The van der Waals surface area contributed by atoms with Gasteiger partial charge in [-0.2, -0.15) is 0 Å². The molecule has 1 N–H and O–H groups in total. The van der Waals surface area contributed by atoms with Crippen molar-refractivity contribution < 1.29 is 9.53 Å². The van der Waals surface area contributed by atoms with E-state index in [0.29, 0.717) is 12.5 Å². The third kappa shape index (κ3) is 3.76. The highest BCUT2D eigenvalue weighted by atomic mass is 16.5. The van der Waals surface area contributed by atoms with Crippen LogP contribution in [0, 0.1) is 0 Å². The van der Waals surface area contributed by atoms with Gasteiger partial charge in [0, 0.05) is 18.6 Å². The van der Waals surface area contributed by atoms with Crippen molar-refractivity contribution in [1.82, 2.24) is 10.2 Å². The highest BCUT2D eigenvalue weighted by molar-refractivity contribution is 5.69. The summed E-state index contributed by atoms with van der Waals surface area (Å²) < 4.78 is 4.72. The number of nitrogens with zero attached hydrogens (tertiary/aromatic N) is 1. The number of esters is 1. The summed E-state index contributed by atoms with van der Waals surface area (Å²) >= 11 is 0. The molecule has 2 unspecified atom stereocenters. The lowest BCUT2D eigenvalue weighted by atomic mass is 10.0. The van der Waals surface area contributed by atoms with Crippen LogP contribution in [0.3, 0.4) is 0 Å². The quantitative estimate of drug-likeness (QED) is 0.713. The molecule has 0 saturated carbocycles. The first-order valence-corrected chi connectivity index (χ1v) is 6.22. The van der Waals surface area contributed by atoms with Gasteiger partial charge in [-0.3, -0.25) is 9.69 Å². The Bertz CT molecular complexity index is 215. The molecule has 0 bridgehead atoms. The van der Waals surface area contributed by atoms with Crippen molar-refractivity contribution in [3.05, 3.63) is 0 Å². The minimum absolute atomic E-state index is 0.116. The van der Waals surface area contributed by atoms with Crippen LogP contribution in [0.25, 0.3) is 0 Å². The summed E-state index contributed by atoms with van der Waals surface area (Å²) in [6.45, 7) is 7.42. The van der Waals surface area contributed by atoms with Gasteiger partial charge in [0.05, 0.1) is 13.5 Å². The van der Waals surface area contributed by atoms with Crippen molar-refractivity contribution in [3.8, 4) is 0 Å². The minimum atomic E-state index is -0.116. The highest BCUT2D eigenvalue weighted by Crippen LogP contribution is 2.15. The van der Waals surface area contributed by atoms with Crippen LogP contribution in [-0.2, 0) is 9.53 Å². The lowest BCUT2D eigenvalue weighted by Crippen LogP contribution is -2.50. The number of carbonyl (C=O) groups excluding carboxylic acids is 1. The van der Waals surface area contributed by atoms with E-state index in [1.165, 1.54) is 20.0 Å². The minimum Gasteiger partial charge on any atom is -0.469 e. The predicted octanol–water partition coefficient (Wildman–Crippen LogP) is 1.01. The molecule has 1 heterocycles. The van der Waals surface area contributed by atoms with Gasteiger partial charge in [-0.25, -0.2) is 0 Å². The fourth-order valence-electron chi connectivity index (χ4n) is 2.49. The molecule has 1 aliphatic rings. The van der Waals surface area contributed by atoms with Crippen LogP contribution < -0.4 is 5.32 Å². The van der Waals surface area contributed by atoms with E-state index < -0.39 is 0 Å². The molecule has 4 heteroatoms. The molecule has 94 valence electrons. The van der Waals surface area contributed by atoms with Gasteiger partial charge in [-0.05, 0) is 32.9 Å². The molecule has 0 aliphatic carbocycles. The van der Waals surface area contributed by atoms with Crippen molar-refractivity contribution in [3.63, 3.8) is 0 Å². The monoisotopic (exact) mass is 228 g/mol. The second-order valence-corrected chi connectivity index (χ2v) is 4.46. The molecule has 0 aromatic carbocycles. The normalized spacial score (nSPS) is 23.1. The van der Waals surface area contributed by atoms with E-state index in [0.717, 1.165) is 19.6 Å². The number of hydrogen-bond donors (Lipinski definition) is 1. The van der Waals surface area contributed by atoms with Crippen molar-refractivity contribution in [1.29, 1.82) is 0 Å². The van der Waals surface area contributed by atoms with E-state index >= 15 is 0 Å². The van der Waals surface area contributed by atoms with Gasteiger partial charge in [0.15, 0.2) is 0 Å². The largest absolute Gasteiger partial charge is 0.469 e. The summed E-state index contributed by atoms with van der Waals surface area (Å²) in [5.74, 6) is -0.116. The maximum Gasteiger partial charge on any atom is 0.307 e. The van der Waals surface area contributed by atoms with Crippen LogP contribution in [0.4, 0.5) is 0 Å². The Kier molecular flexibility index (Phi) is 5.77. The van der Waals surface area contributed by atoms with Crippen LogP contribution in [-0.4, -0.2) is 49.7 Å². The molecule has 0 amide bonds. The molecule has 2 atom stereocenters. The maximum atomic E-state index is 11.3. The van der Waals surface area contributed by atoms with Crippen LogP contribution in [0.2, 0.25) is 0 Å². The zero-order chi connectivity index (χ0) is 12.0. The number of hydrogen-bond acceptors (Lipinski definition) is 4. The molecule has 0 spiro atoms. The third-order valence-corrected chi connectivity index (χ3v) is 3.36. The topological polar surface area (TPSA) is 41.6 Å². The second-order valence-electron chi connectivity index (χ2n) is 4.46. The highest BCUT2D eigenvalue weighted by Gasteiger charge is 2.25. The molecule has 0 radical (unpaired) electrons. The zero-order valence-corrected chi connectivity index (χ0v) is 10.7. The molecule has 4 nitrogen and oxygen atoms in total. The van der Waals surface area contributed by atoms with Gasteiger partial charge in [0.1, 0.15) is 0 Å². The van der Waals surface area contributed by atoms with Crippen LogP contribution in [0.1, 0.15) is 33.1 Å². The predicted molar refractivity (Wildman–Crippen MR) is 64.4 cm³/mol. The molecule has 0 aromatic rings. The van der Waals surface area contributed by atoms with E-state index in [2.05, 4.69) is 24.1 Å². The van der Waals surface area contributed by atoms with Crippen molar-refractivity contribution in [2.24, 2.45) is 0 Å². The van der Waals surface area contributed by atoms with E-state index in [1.807, 2.05) is 0 Å². The fourth-order valence-corrected chi connectivity index (χ4v) is 2.49. The van der Waals surface area contributed by atoms with Gasteiger partial charge in [-0.1, -0.05) is 6.92 Å². The molecular weight excluding hydrogens is 204 g/mol. The Morgan fingerprint density at radius 3 is 2.88 bits per heavy atom. The summed E-state index contributed by atoms with van der Waals surface area (Å²) in [4.78, 5) is 13.7. The number of piperidine rings is 1. The van der Waals surface area contributed by atoms with Crippen molar-refractivity contribution in [2.45, 2.75) is 45.2 Å². The van der Waals surface area contributed by atoms with E-state index in [-0.39, 0.29) is 12.0 Å². The Hall–Kier alpha value is -0.610. The van der Waals surface area contributed by atoms with Crippen molar-refractivity contribution >= 4 is 5.97 Å². The molecule has 1 saturated heterocycles. The second kappa shape index (κ2) is 6.86. The fraction of sp³-hybridized carbons (Fsp3) is 0.917. The molecule has 1 fully saturated rings. The van der Waals surface area contributed by atoms with Gasteiger partial charge in [0.25, 0.3) is 0 Å². The first kappa shape index (κ1) is 13.5. The van der Waals surface area contributed by atoms with Crippen LogP contribution in [0.5, 0.6) is 0 Å². The van der Waals surface area contributed by atoms with Gasteiger partial charge in [-0.15, -0.1) is 0 Å². The summed E-state index contributed by atoms with van der Waals surface area (Å²) in [5.41, 5.74) is 0. The molecular formula is C12H24N2O2. The lowest BCUT2D eigenvalue weighted by Gasteiger charge is -2.37. The summed E-state index contributed by atoms with van der Waals surface area (Å²) in [7, 11) is 1.45. The molecule has 1 aliphatic heterocycles. The number of ether oxygens (including phenoxy) is 1. The van der Waals surface area contributed by atoms with Crippen molar-refractivity contribution in [2.75, 3.05) is 26.7 Å². The number of carbonyl (C=O) groups is 1. The lowest BCUT2D eigenvalue weighted by molar-refractivity contribution is -0.142. The molecule has 1 rings (SSSR count). The average molecular weight is 228 g/mol. The van der Waals surface area contributed by atoms with Crippen LogP contribution in [0.15, 0.2) is 0 Å². The van der Waals surface area contributed by atoms with E-state index in [1.54, 1.807) is 0 Å². The van der Waals surface area contributed by atoms with E-state index in [9.17, 15) is 4.79 Å². The van der Waals surface area contributed by atoms with Crippen LogP contribution >= 0.6 is 0 Å².